The summed E-state index contributed by atoms with van der Waals surface area (Å²) in [6.07, 6.45) is 1.58. The Morgan fingerprint density at radius 1 is 1.36 bits per heavy atom. The zero-order valence-corrected chi connectivity index (χ0v) is 14.7. The lowest BCUT2D eigenvalue weighted by Gasteiger charge is -2.27. The topological polar surface area (TPSA) is 70.4 Å². The van der Waals surface area contributed by atoms with Crippen LogP contribution >= 0.6 is 0 Å². The standard InChI is InChI=1S/C17H22F2N4O2/c1-11-10-23(17(2,3)16(25)21-22(4)8-9-24)20-15(11)14-12(18)6-5-7-13(14)19/h5-7,10,24H,8-9H2,1-4H3,(H,21,25). The van der Waals surface area contributed by atoms with Crippen LogP contribution in [0.25, 0.3) is 11.3 Å². The van der Waals surface area contributed by atoms with Crippen molar-refractivity contribution in [2.45, 2.75) is 26.3 Å². The maximum absolute atomic E-state index is 14.0. The van der Waals surface area contributed by atoms with Gasteiger partial charge in [-0.3, -0.25) is 14.9 Å². The predicted octanol–water partition coefficient (Wildman–Crippen LogP) is 1.83. The fourth-order valence-electron chi connectivity index (χ4n) is 2.34. The van der Waals surface area contributed by atoms with E-state index in [-0.39, 0.29) is 30.3 Å². The molecule has 0 saturated heterocycles. The third kappa shape index (κ3) is 3.85. The number of aromatic nitrogens is 2. The second-order valence-corrected chi connectivity index (χ2v) is 6.35. The first-order valence-corrected chi connectivity index (χ1v) is 7.82. The number of carbonyl (C=O) groups excluding carboxylic acids is 1. The summed E-state index contributed by atoms with van der Waals surface area (Å²) in [7, 11) is 1.62. The van der Waals surface area contributed by atoms with Crippen molar-refractivity contribution in [1.29, 1.82) is 0 Å². The van der Waals surface area contributed by atoms with E-state index in [1.165, 1.54) is 27.9 Å². The van der Waals surface area contributed by atoms with Gasteiger partial charge in [-0.25, -0.2) is 13.8 Å². The summed E-state index contributed by atoms with van der Waals surface area (Å²) in [5, 5.41) is 14.6. The van der Waals surface area contributed by atoms with Crippen molar-refractivity contribution >= 4 is 5.91 Å². The van der Waals surface area contributed by atoms with Gasteiger partial charge in [-0.15, -0.1) is 0 Å². The third-order valence-corrected chi connectivity index (χ3v) is 3.95. The molecule has 0 atom stereocenters. The lowest BCUT2D eigenvalue weighted by Crippen LogP contribution is -2.51. The molecule has 0 aliphatic heterocycles. The summed E-state index contributed by atoms with van der Waals surface area (Å²) < 4.78 is 29.5. The SMILES string of the molecule is Cc1cn(C(C)(C)C(=O)NN(C)CCO)nc1-c1c(F)cccc1F. The summed E-state index contributed by atoms with van der Waals surface area (Å²) in [6, 6.07) is 3.62. The van der Waals surface area contributed by atoms with Crippen molar-refractivity contribution in [2.24, 2.45) is 0 Å². The maximum Gasteiger partial charge on any atom is 0.261 e. The third-order valence-electron chi connectivity index (χ3n) is 3.95. The van der Waals surface area contributed by atoms with Crippen molar-refractivity contribution in [3.63, 3.8) is 0 Å². The number of aliphatic hydroxyl groups is 1. The van der Waals surface area contributed by atoms with E-state index in [0.717, 1.165) is 0 Å². The first-order chi connectivity index (χ1) is 11.7. The molecule has 2 aromatic rings. The van der Waals surface area contributed by atoms with Gasteiger partial charge in [0, 0.05) is 19.8 Å². The highest BCUT2D eigenvalue weighted by molar-refractivity contribution is 5.83. The Morgan fingerprint density at radius 2 is 1.96 bits per heavy atom. The lowest BCUT2D eigenvalue weighted by atomic mass is 10.1. The Hall–Kier alpha value is -2.32. The average molecular weight is 352 g/mol. The van der Waals surface area contributed by atoms with Crippen LogP contribution in [0.4, 0.5) is 8.78 Å². The number of amides is 1. The Labute approximate surface area is 145 Å². The summed E-state index contributed by atoms with van der Waals surface area (Å²) in [5.41, 5.74) is 2.02. The van der Waals surface area contributed by atoms with E-state index in [2.05, 4.69) is 10.5 Å². The van der Waals surface area contributed by atoms with Crippen LogP contribution in [-0.4, -0.2) is 46.0 Å². The molecule has 0 aliphatic carbocycles. The van der Waals surface area contributed by atoms with Crippen LogP contribution < -0.4 is 5.43 Å². The minimum Gasteiger partial charge on any atom is -0.395 e. The van der Waals surface area contributed by atoms with Crippen LogP contribution in [0.3, 0.4) is 0 Å². The van der Waals surface area contributed by atoms with Gasteiger partial charge in [-0.2, -0.15) is 5.10 Å². The Bertz CT molecular complexity index is 754. The summed E-state index contributed by atoms with van der Waals surface area (Å²) >= 11 is 0. The number of benzene rings is 1. The van der Waals surface area contributed by atoms with Crippen molar-refractivity contribution in [3.8, 4) is 11.3 Å². The number of hydrazine groups is 1. The average Bonchev–Trinajstić information content (AvgIpc) is 2.90. The number of halogens is 2. The molecule has 0 unspecified atom stereocenters. The quantitative estimate of drug-likeness (QED) is 0.778. The number of carbonyl (C=O) groups is 1. The monoisotopic (exact) mass is 352 g/mol. The van der Waals surface area contributed by atoms with Gasteiger partial charge in [-0.1, -0.05) is 6.07 Å². The molecule has 136 valence electrons. The highest BCUT2D eigenvalue weighted by atomic mass is 19.1. The number of hydrogen-bond donors (Lipinski definition) is 2. The predicted molar refractivity (Wildman–Crippen MR) is 89.5 cm³/mol. The summed E-state index contributed by atoms with van der Waals surface area (Å²) in [5.74, 6) is -1.79. The number of nitrogens with one attached hydrogen (secondary N) is 1. The van der Waals surface area contributed by atoms with E-state index in [4.69, 9.17) is 5.11 Å². The van der Waals surface area contributed by atoms with E-state index < -0.39 is 17.2 Å². The van der Waals surface area contributed by atoms with Crippen molar-refractivity contribution in [3.05, 3.63) is 41.6 Å². The van der Waals surface area contributed by atoms with Crippen LogP contribution in [0, 0.1) is 18.6 Å². The normalized spacial score (nSPS) is 11.8. The first-order valence-electron chi connectivity index (χ1n) is 7.82. The van der Waals surface area contributed by atoms with Gasteiger partial charge in [-0.05, 0) is 38.5 Å². The number of rotatable bonds is 6. The molecule has 8 heteroatoms. The molecule has 0 saturated carbocycles. The number of aliphatic hydroxyl groups excluding tert-OH is 1. The van der Waals surface area contributed by atoms with Gasteiger partial charge in [0.2, 0.25) is 0 Å². The molecule has 0 radical (unpaired) electrons. The van der Waals surface area contributed by atoms with E-state index in [1.807, 2.05) is 0 Å². The van der Waals surface area contributed by atoms with Gasteiger partial charge in [0.15, 0.2) is 0 Å². The molecule has 6 nitrogen and oxygen atoms in total. The zero-order chi connectivity index (χ0) is 18.8. The first kappa shape index (κ1) is 19.0. The smallest absolute Gasteiger partial charge is 0.261 e. The van der Waals surface area contributed by atoms with Gasteiger partial charge in [0.05, 0.1) is 12.2 Å². The molecule has 1 aromatic carbocycles. The number of hydrogen-bond acceptors (Lipinski definition) is 4. The van der Waals surface area contributed by atoms with Gasteiger partial charge < -0.3 is 5.11 Å². The lowest BCUT2D eigenvalue weighted by molar-refractivity contribution is -0.133. The van der Waals surface area contributed by atoms with Crippen molar-refractivity contribution < 1.29 is 18.7 Å². The van der Waals surface area contributed by atoms with Crippen molar-refractivity contribution in [1.82, 2.24) is 20.2 Å². The summed E-state index contributed by atoms with van der Waals surface area (Å²) in [4.78, 5) is 12.5. The molecule has 2 rings (SSSR count). The minimum absolute atomic E-state index is 0.102. The maximum atomic E-state index is 14.0. The van der Waals surface area contributed by atoms with E-state index in [1.54, 1.807) is 34.0 Å². The van der Waals surface area contributed by atoms with Crippen LogP contribution in [0.2, 0.25) is 0 Å². The second-order valence-electron chi connectivity index (χ2n) is 6.35. The Kier molecular flexibility index (Phi) is 5.54. The molecular formula is C17H22F2N4O2. The van der Waals surface area contributed by atoms with Gasteiger partial charge >= 0.3 is 0 Å². The molecule has 0 bridgehead atoms. The van der Waals surface area contributed by atoms with Gasteiger partial charge in [0.25, 0.3) is 5.91 Å². The molecule has 0 spiro atoms. The van der Waals surface area contributed by atoms with Crippen LogP contribution in [-0.2, 0) is 10.3 Å². The molecule has 25 heavy (non-hydrogen) atoms. The van der Waals surface area contributed by atoms with Crippen LogP contribution in [0.5, 0.6) is 0 Å². The number of aryl methyl sites for hydroxylation is 1. The molecule has 0 fully saturated rings. The minimum atomic E-state index is -1.10. The highest BCUT2D eigenvalue weighted by Crippen LogP contribution is 2.29. The fraction of sp³-hybridized carbons (Fsp3) is 0.412. The summed E-state index contributed by atoms with van der Waals surface area (Å²) in [6.45, 7) is 5.13. The van der Waals surface area contributed by atoms with E-state index >= 15 is 0 Å². The molecule has 1 heterocycles. The number of nitrogens with zero attached hydrogens (tertiary/aromatic N) is 3. The van der Waals surface area contributed by atoms with Gasteiger partial charge in [0.1, 0.15) is 22.9 Å². The second kappa shape index (κ2) is 7.28. The van der Waals surface area contributed by atoms with E-state index in [9.17, 15) is 13.6 Å². The molecule has 1 aromatic heterocycles. The molecule has 0 aliphatic rings. The van der Waals surface area contributed by atoms with Crippen molar-refractivity contribution in [2.75, 3.05) is 20.2 Å². The highest BCUT2D eigenvalue weighted by Gasteiger charge is 2.32. The van der Waals surface area contributed by atoms with Crippen LogP contribution in [0.15, 0.2) is 24.4 Å². The Balaban J connectivity index is 2.37. The Morgan fingerprint density at radius 3 is 2.52 bits per heavy atom. The zero-order valence-electron chi connectivity index (χ0n) is 14.7. The van der Waals surface area contributed by atoms with E-state index in [0.29, 0.717) is 5.56 Å². The van der Waals surface area contributed by atoms with Crippen LogP contribution in [0.1, 0.15) is 19.4 Å². The molecule has 2 N–H and O–H groups in total. The fourth-order valence-corrected chi connectivity index (χ4v) is 2.34. The molecule has 1 amide bonds. The molecular weight excluding hydrogens is 330 g/mol. The number of likely N-dealkylation sites (N-methyl/N-ethyl adjacent to an activating group) is 1. The largest absolute Gasteiger partial charge is 0.395 e.